The average molecular weight is 402 g/mol. The van der Waals surface area contributed by atoms with Crippen molar-refractivity contribution in [3.63, 3.8) is 0 Å². The number of nitrogens with two attached hydrogens (primary N) is 1. The number of carbonyl (C=O) groups is 1. The number of hydrogen-bond donors (Lipinski definition) is 2. The van der Waals surface area contributed by atoms with Crippen LogP contribution < -0.4 is 15.4 Å². The van der Waals surface area contributed by atoms with Gasteiger partial charge in [0.05, 0.1) is 11.4 Å². The summed E-state index contributed by atoms with van der Waals surface area (Å²) < 4.78 is 23.4. The molecule has 0 bridgehead atoms. The van der Waals surface area contributed by atoms with Crippen LogP contribution in [0.5, 0.6) is 0 Å². The number of amides is 1. The minimum absolute atomic E-state index is 0.0230. The fourth-order valence-corrected chi connectivity index (χ4v) is 4.38. The number of carbonyl (C=O) groups excluding carboxylic acids is 1. The van der Waals surface area contributed by atoms with E-state index in [1.54, 1.807) is 19.1 Å². The van der Waals surface area contributed by atoms with Crippen LogP contribution in [0.1, 0.15) is 42.9 Å². The van der Waals surface area contributed by atoms with E-state index in [4.69, 9.17) is 5.14 Å². The lowest BCUT2D eigenvalue weighted by atomic mass is 9.95. The zero-order chi connectivity index (χ0) is 20.5. The minimum Gasteiger partial charge on any atom is -0.362 e. The van der Waals surface area contributed by atoms with Crippen LogP contribution >= 0.6 is 0 Å². The first-order chi connectivity index (χ1) is 13.1. The van der Waals surface area contributed by atoms with E-state index < -0.39 is 10.0 Å². The molecule has 0 fully saturated rings. The van der Waals surface area contributed by atoms with Crippen molar-refractivity contribution in [1.29, 1.82) is 0 Å². The van der Waals surface area contributed by atoms with Crippen LogP contribution in [0.3, 0.4) is 0 Å². The van der Waals surface area contributed by atoms with Gasteiger partial charge in [-0.05, 0) is 60.6 Å². The predicted octanol–water partition coefficient (Wildman–Crippen LogP) is 3.16. The van der Waals surface area contributed by atoms with Gasteiger partial charge in [0.25, 0.3) is 0 Å². The molecule has 0 saturated heterocycles. The lowest BCUT2D eigenvalue weighted by Gasteiger charge is -2.31. The maximum absolute atomic E-state index is 12.6. The Morgan fingerprint density at radius 3 is 2.64 bits per heavy atom. The average Bonchev–Trinajstić information content (AvgIpc) is 2.62. The molecule has 6 nitrogen and oxygen atoms in total. The number of aryl methyl sites for hydroxylation is 2. The van der Waals surface area contributed by atoms with Gasteiger partial charge in [-0.3, -0.25) is 4.79 Å². The number of benzene rings is 2. The Morgan fingerprint density at radius 1 is 1.21 bits per heavy atom. The molecule has 1 amide bonds. The van der Waals surface area contributed by atoms with Crippen molar-refractivity contribution in [2.24, 2.45) is 5.14 Å². The summed E-state index contributed by atoms with van der Waals surface area (Å²) in [5, 5.41) is 8.03. The summed E-state index contributed by atoms with van der Waals surface area (Å²) >= 11 is 0. The lowest BCUT2D eigenvalue weighted by molar-refractivity contribution is -0.115. The first-order valence-electron chi connectivity index (χ1n) is 9.46. The maximum Gasteiger partial charge on any atom is 0.243 e. The highest BCUT2D eigenvalue weighted by atomic mass is 32.2. The highest BCUT2D eigenvalue weighted by molar-refractivity contribution is 7.89. The van der Waals surface area contributed by atoms with Crippen LogP contribution in [0.25, 0.3) is 0 Å². The lowest BCUT2D eigenvalue weighted by Crippen LogP contribution is -2.36. The molecular formula is C21H27N3O3S. The Bertz CT molecular complexity index is 1000. The van der Waals surface area contributed by atoms with Crippen LogP contribution in [0.4, 0.5) is 11.4 Å². The van der Waals surface area contributed by atoms with E-state index >= 15 is 0 Å². The topological polar surface area (TPSA) is 92.5 Å². The Labute approximate surface area is 166 Å². The van der Waals surface area contributed by atoms with E-state index in [0.29, 0.717) is 17.2 Å². The molecule has 0 radical (unpaired) electrons. The van der Waals surface area contributed by atoms with Crippen LogP contribution in [-0.2, 0) is 21.2 Å². The third kappa shape index (κ3) is 4.54. The quantitative estimate of drug-likeness (QED) is 0.805. The fourth-order valence-electron chi connectivity index (χ4n) is 3.58. The Morgan fingerprint density at radius 2 is 1.96 bits per heavy atom. The molecular weight excluding hydrogens is 374 g/mol. The summed E-state index contributed by atoms with van der Waals surface area (Å²) in [4.78, 5) is 14.7. The number of rotatable bonds is 5. The van der Waals surface area contributed by atoms with Gasteiger partial charge >= 0.3 is 0 Å². The smallest absolute Gasteiger partial charge is 0.243 e. The summed E-state index contributed by atoms with van der Waals surface area (Å²) in [7, 11) is -3.83. The molecule has 2 aromatic carbocycles. The fraction of sp³-hybridized carbons (Fsp3) is 0.381. The van der Waals surface area contributed by atoms with Crippen molar-refractivity contribution in [3.05, 3.63) is 53.1 Å². The summed E-state index contributed by atoms with van der Waals surface area (Å²) in [6, 6.07) is 11.2. The molecule has 1 heterocycles. The Balaban J connectivity index is 1.75. The van der Waals surface area contributed by atoms with Gasteiger partial charge in [-0.25, -0.2) is 13.6 Å². The van der Waals surface area contributed by atoms with Gasteiger partial charge in [0.1, 0.15) is 0 Å². The van der Waals surface area contributed by atoms with E-state index in [1.165, 1.54) is 17.2 Å². The summed E-state index contributed by atoms with van der Waals surface area (Å²) in [5.41, 5.74) is 4.65. The Kier molecular flexibility index (Phi) is 5.76. The van der Waals surface area contributed by atoms with Crippen molar-refractivity contribution >= 4 is 27.3 Å². The number of nitrogens with zero attached hydrogens (tertiary/aromatic N) is 1. The molecule has 0 unspecified atom stereocenters. The molecule has 1 aliphatic rings. The van der Waals surface area contributed by atoms with Crippen LogP contribution in [0, 0.1) is 6.92 Å². The molecule has 0 aliphatic carbocycles. The second-order valence-electron chi connectivity index (χ2n) is 7.64. The van der Waals surface area contributed by atoms with E-state index in [9.17, 15) is 13.2 Å². The van der Waals surface area contributed by atoms with Gasteiger partial charge in [-0.1, -0.05) is 32.0 Å². The number of fused-ring (bicyclic) bond motifs is 1. The summed E-state index contributed by atoms with van der Waals surface area (Å²) in [5.74, 6) is 0.281. The zero-order valence-corrected chi connectivity index (χ0v) is 17.3. The summed E-state index contributed by atoms with van der Waals surface area (Å²) in [6.45, 7) is 7.05. The normalized spacial score (nSPS) is 14.1. The van der Waals surface area contributed by atoms with Crippen LogP contribution in [0.2, 0.25) is 0 Å². The largest absolute Gasteiger partial charge is 0.362 e. The molecule has 1 aliphatic heterocycles. The third-order valence-corrected chi connectivity index (χ3v) is 6.15. The highest BCUT2D eigenvalue weighted by Crippen LogP contribution is 2.30. The van der Waals surface area contributed by atoms with Gasteiger partial charge < -0.3 is 10.2 Å². The van der Waals surface area contributed by atoms with Crippen molar-refractivity contribution in [2.75, 3.05) is 23.3 Å². The van der Waals surface area contributed by atoms with Crippen LogP contribution in [-0.4, -0.2) is 27.4 Å². The number of sulfonamides is 1. The van der Waals surface area contributed by atoms with Crippen molar-refractivity contribution in [2.45, 2.75) is 44.4 Å². The van der Waals surface area contributed by atoms with E-state index in [1.807, 2.05) is 0 Å². The van der Waals surface area contributed by atoms with Gasteiger partial charge in [-0.2, -0.15) is 0 Å². The molecule has 0 spiro atoms. The Hall–Kier alpha value is -2.38. The molecule has 0 aromatic heterocycles. The van der Waals surface area contributed by atoms with Gasteiger partial charge in [0.15, 0.2) is 0 Å². The van der Waals surface area contributed by atoms with E-state index in [2.05, 4.69) is 42.3 Å². The molecule has 2 aromatic rings. The summed E-state index contributed by atoms with van der Waals surface area (Å²) in [6.07, 6.45) is 2.02. The molecule has 28 heavy (non-hydrogen) atoms. The monoisotopic (exact) mass is 401 g/mol. The molecule has 0 saturated carbocycles. The van der Waals surface area contributed by atoms with Gasteiger partial charge in [-0.15, -0.1) is 0 Å². The zero-order valence-electron chi connectivity index (χ0n) is 16.5. The molecule has 150 valence electrons. The van der Waals surface area contributed by atoms with E-state index in [0.717, 1.165) is 25.1 Å². The molecule has 0 atom stereocenters. The minimum atomic E-state index is -3.83. The first kappa shape index (κ1) is 20.4. The van der Waals surface area contributed by atoms with Crippen molar-refractivity contribution in [1.82, 2.24) is 0 Å². The molecule has 7 heteroatoms. The van der Waals surface area contributed by atoms with Crippen molar-refractivity contribution < 1.29 is 13.2 Å². The van der Waals surface area contributed by atoms with E-state index in [-0.39, 0.29) is 17.3 Å². The number of primary sulfonamides is 1. The predicted molar refractivity (Wildman–Crippen MR) is 112 cm³/mol. The van der Waals surface area contributed by atoms with Crippen molar-refractivity contribution in [3.8, 4) is 0 Å². The number of anilines is 2. The maximum atomic E-state index is 12.6. The molecule has 3 N–H and O–H groups in total. The number of hydrogen-bond acceptors (Lipinski definition) is 4. The standard InChI is InChI=1S/C21H27N3O3S/c1-14(2)16-7-9-19-17(11-16)5-4-10-24(19)13-21(25)23-18-8-6-15(3)20(12-18)28(22,26)27/h6-9,11-12,14H,4-5,10,13H2,1-3H3,(H,23,25)(H2,22,26,27). The highest BCUT2D eigenvalue weighted by Gasteiger charge is 2.20. The van der Waals surface area contributed by atoms with Gasteiger partial charge in [0.2, 0.25) is 15.9 Å². The van der Waals surface area contributed by atoms with Gasteiger partial charge in [0, 0.05) is 17.9 Å². The second kappa shape index (κ2) is 7.93. The number of nitrogens with one attached hydrogen (secondary N) is 1. The SMILES string of the molecule is Cc1ccc(NC(=O)CN2CCCc3cc(C(C)C)ccc32)cc1S(N)(=O)=O. The third-order valence-electron chi connectivity index (χ3n) is 5.10. The molecule has 3 rings (SSSR count). The first-order valence-corrected chi connectivity index (χ1v) is 11.0. The van der Waals surface area contributed by atoms with Crippen LogP contribution in [0.15, 0.2) is 41.3 Å². The second-order valence-corrected chi connectivity index (χ2v) is 9.17.